The molecule has 4 nitrogen and oxygen atoms in total. The molecule has 18 heavy (non-hydrogen) atoms. The van der Waals surface area contributed by atoms with E-state index in [-0.39, 0.29) is 11.7 Å². The maximum atomic E-state index is 13.1. The molecule has 1 aliphatic rings. The Morgan fingerprint density at radius 3 is 2.89 bits per heavy atom. The van der Waals surface area contributed by atoms with Crippen molar-refractivity contribution in [1.29, 1.82) is 0 Å². The summed E-state index contributed by atoms with van der Waals surface area (Å²) in [5, 5.41) is 0.757. The Morgan fingerprint density at radius 2 is 2.11 bits per heavy atom. The minimum absolute atomic E-state index is 0.0313. The minimum atomic E-state index is -0.310. The second-order valence-corrected chi connectivity index (χ2v) is 4.30. The fraction of sp³-hybridized carbons (Fsp3) is 0.308. The third kappa shape index (κ3) is 1.86. The van der Waals surface area contributed by atoms with Crippen LogP contribution >= 0.6 is 0 Å². The topological polar surface area (TPSA) is 45.3 Å². The number of fused-ring (bicyclic) bond motifs is 1. The highest BCUT2D eigenvalue weighted by Gasteiger charge is 2.21. The van der Waals surface area contributed by atoms with Crippen molar-refractivity contribution in [2.75, 3.05) is 26.3 Å². The van der Waals surface area contributed by atoms with Gasteiger partial charge in [-0.2, -0.15) is 0 Å². The van der Waals surface area contributed by atoms with E-state index in [0.29, 0.717) is 37.4 Å². The van der Waals surface area contributed by atoms with Crippen molar-refractivity contribution in [3.05, 3.63) is 35.8 Å². The Kier molecular flexibility index (Phi) is 2.76. The number of carbonyl (C=O) groups is 1. The van der Waals surface area contributed by atoms with Gasteiger partial charge in [0.2, 0.25) is 0 Å². The van der Waals surface area contributed by atoms with Gasteiger partial charge >= 0.3 is 0 Å². The van der Waals surface area contributed by atoms with Gasteiger partial charge in [0.1, 0.15) is 5.82 Å². The summed E-state index contributed by atoms with van der Waals surface area (Å²) in [6.07, 6.45) is 1.64. The Morgan fingerprint density at radius 1 is 1.33 bits per heavy atom. The molecule has 2 aromatic rings. The number of nitrogens with one attached hydrogen (secondary N) is 1. The van der Waals surface area contributed by atoms with E-state index in [4.69, 9.17) is 4.74 Å². The number of ether oxygens (including phenoxy) is 1. The quantitative estimate of drug-likeness (QED) is 0.836. The fourth-order valence-corrected chi connectivity index (χ4v) is 2.21. The predicted octanol–water partition coefficient (Wildman–Crippen LogP) is 1.78. The highest BCUT2D eigenvalue weighted by molar-refractivity contribution is 6.06. The molecule has 1 amide bonds. The second-order valence-electron chi connectivity index (χ2n) is 4.30. The Labute approximate surface area is 103 Å². The molecule has 0 radical (unpaired) electrons. The molecular weight excluding hydrogens is 235 g/mol. The van der Waals surface area contributed by atoms with Crippen molar-refractivity contribution < 1.29 is 13.9 Å². The maximum Gasteiger partial charge on any atom is 0.256 e. The van der Waals surface area contributed by atoms with Crippen molar-refractivity contribution in [1.82, 2.24) is 9.88 Å². The lowest BCUT2D eigenvalue weighted by molar-refractivity contribution is 0.0304. The summed E-state index contributed by atoms with van der Waals surface area (Å²) in [6.45, 7) is 2.35. The number of hydrogen-bond acceptors (Lipinski definition) is 2. The molecule has 0 saturated carbocycles. The lowest BCUT2D eigenvalue weighted by Gasteiger charge is -2.26. The van der Waals surface area contributed by atoms with E-state index in [1.54, 1.807) is 17.2 Å². The van der Waals surface area contributed by atoms with Crippen molar-refractivity contribution >= 4 is 16.8 Å². The zero-order valence-electron chi connectivity index (χ0n) is 9.78. The molecule has 3 rings (SSSR count). The Bertz CT molecular complexity index is 588. The van der Waals surface area contributed by atoms with Crippen LogP contribution in [0.3, 0.4) is 0 Å². The van der Waals surface area contributed by atoms with Gasteiger partial charge in [0.25, 0.3) is 5.91 Å². The van der Waals surface area contributed by atoms with Crippen LogP contribution in [-0.4, -0.2) is 42.1 Å². The van der Waals surface area contributed by atoms with Crippen LogP contribution in [0.4, 0.5) is 4.39 Å². The van der Waals surface area contributed by atoms with Crippen LogP contribution in [-0.2, 0) is 4.74 Å². The predicted molar refractivity (Wildman–Crippen MR) is 65.0 cm³/mol. The largest absolute Gasteiger partial charge is 0.378 e. The highest BCUT2D eigenvalue weighted by Crippen LogP contribution is 2.21. The van der Waals surface area contributed by atoms with Crippen LogP contribution in [0.15, 0.2) is 24.4 Å². The summed E-state index contributed by atoms with van der Waals surface area (Å²) in [7, 11) is 0. The summed E-state index contributed by atoms with van der Waals surface area (Å²) in [4.78, 5) is 17.0. The van der Waals surface area contributed by atoms with Crippen molar-refractivity contribution in [2.45, 2.75) is 0 Å². The molecule has 0 spiro atoms. The number of morpholine rings is 1. The molecule has 1 fully saturated rings. The van der Waals surface area contributed by atoms with Crippen molar-refractivity contribution in [2.24, 2.45) is 0 Å². The van der Waals surface area contributed by atoms with Gasteiger partial charge in [-0.3, -0.25) is 4.79 Å². The monoisotopic (exact) mass is 248 g/mol. The van der Waals surface area contributed by atoms with Crippen LogP contribution < -0.4 is 0 Å². The van der Waals surface area contributed by atoms with E-state index in [0.717, 1.165) is 5.39 Å². The lowest BCUT2D eigenvalue weighted by Crippen LogP contribution is -2.40. The smallest absolute Gasteiger partial charge is 0.256 e. The van der Waals surface area contributed by atoms with Gasteiger partial charge in [0.05, 0.1) is 18.8 Å². The average molecular weight is 248 g/mol. The Hall–Kier alpha value is -1.88. The molecule has 5 heteroatoms. The molecule has 0 unspecified atom stereocenters. The minimum Gasteiger partial charge on any atom is -0.378 e. The second kappa shape index (κ2) is 4.42. The van der Waals surface area contributed by atoms with E-state index in [2.05, 4.69) is 4.98 Å². The molecule has 1 aliphatic heterocycles. The van der Waals surface area contributed by atoms with E-state index >= 15 is 0 Å². The summed E-state index contributed by atoms with van der Waals surface area (Å²) >= 11 is 0. The number of halogens is 1. The average Bonchev–Trinajstić information content (AvgIpc) is 2.81. The van der Waals surface area contributed by atoms with Crippen LogP contribution in [0.2, 0.25) is 0 Å². The first kappa shape index (κ1) is 11.2. The molecule has 2 heterocycles. The summed E-state index contributed by atoms with van der Waals surface area (Å²) < 4.78 is 18.3. The molecule has 94 valence electrons. The van der Waals surface area contributed by atoms with Gasteiger partial charge in [-0.15, -0.1) is 0 Å². The summed E-state index contributed by atoms with van der Waals surface area (Å²) in [6, 6.07) is 4.40. The first-order valence-electron chi connectivity index (χ1n) is 5.89. The van der Waals surface area contributed by atoms with Gasteiger partial charge in [-0.1, -0.05) is 0 Å². The van der Waals surface area contributed by atoms with E-state index < -0.39 is 0 Å². The molecule has 0 atom stereocenters. The number of aromatic amines is 1. The van der Waals surface area contributed by atoms with Gasteiger partial charge in [-0.05, 0) is 18.2 Å². The number of carbonyl (C=O) groups excluding carboxylic acids is 1. The lowest BCUT2D eigenvalue weighted by atomic mass is 10.1. The number of nitrogens with zero attached hydrogens (tertiary/aromatic N) is 1. The third-order valence-electron chi connectivity index (χ3n) is 3.17. The van der Waals surface area contributed by atoms with Crippen LogP contribution in [0, 0.1) is 5.82 Å². The number of benzene rings is 1. The van der Waals surface area contributed by atoms with Crippen LogP contribution in [0.1, 0.15) is 10.4 Å². The molecule has 1 aromatic heterocycles. The zero-order valence-corrected chi connectivity index (χ0v) is 9.78. The van der Waals surface area contributed by atoms with Crippen molar-refractivity contribution in [3.8, 4) is 0 Å². The van der Waals surface area contributed by atoms with Gasteiger partial charge in [0.15, 0.2) is 0 Å². The first-order chi connectivity index (χ1) is 8.75. The van der Waals surface area contributed by atoms with Crippen molar-refractivity contribution in [3.63, 3.8) is 0 Å². The first-order valence-corrected chi connectivity index (χ1v) is 5.89. The standard InChI is InChI=1S/C13H13FN2O2/c14-9-1-2-10-11(8-15-12(10)7-9)13(17)16-3-5-18-6-4-16/h1-2,7-8,15H,3-6H2. The van der Waals surface area contributed by atoms with E-state index in [1.807, 2.05) is 0 Å². The third-order valence-corrected chi connectivity index (χ3v) is 3.17. The van der Waals surface area contributed by atoms with Crippen LogP contribution in [0.25, 0.3) is 10.9 Å². The van der Waals surface area contributed by atoms with Gasteiger partial charge < -0.3 is 14.6 Å². The summed E-state index contributed by atoms with van der Waals surface area (Å²) in [5.74, 6) is -0.342. The van der Waals surface area contributed by atoms with Gasteiger partial charge in [0, 0.05) is 30.2 Å². The normalized spacial score (nSPS) is 16.2. The molecule has 0 bridgehead atoms. The number of aromatic nitrogens is 1. The van der Waals surface area contributed by atoms with Crippen LogP contribution in [0.5, 0.6) is 0 Å². The molecular formula is C13H13FN2O2. The van der Waals surface area contributed by atoms with E-state index in [9.17, 15) is 9.18 Å². The summed E-state index contributed by atoms with van der Waals surface area (Å²) in [5.41, 5.74) is 1.23. The van der Waals surface area contributed by atoms with Gasteiger partial charge in [-0.25, -0.2) is 4.39 Å². The van der Waals surface area contributed by atoms with E-state index in [1.165, 1.54) is 12.1 Å². The molecule has 1 aromatic carbocycles. The number of H-pyrrole nitrogens is 1. The molecule has 0 aliphatic carbocycles. The highest BCUT2D eigenvalue weighted by atomic mass is 19.1. The molecule has 1 saturated heterocycles. The Balaban J connectivity index is 1.96. The zero-order chi connectivity index (χ0) is 12.5. The maximum absolute atomic E-state index is 13.1. The number of hydrogen-bond donors (Lipinski definition) is 1. The fourth-order valence-electron chi connectivity index (χ4n) is 2.21. The number of rotatable bonds is 1. The number of amides is 1. The molecule has 1 N–H and O–H groups in total. The SMILES string of the molecule is O=C(c1c[nH]c2cc(F)ccc12)N1CCOCC1.